The van der Waals surface area contributed by atoms with Crippen LogP contribution in [-0.2, 0) is 0 Å². The molecule has 1 aromatic carbocycles. The molecule has 4 fully saturated rings. The van der Waals surface area contributed by atoms with E-state index in [1.807, 2.05) is 0 Å². The Morgan fingerprint density at radius 1 is 0.833 bits per heavy atom. The average Bonchev–Trinajstić information content (AvgIpc) is 2.38. The van der Waals surface area contributed by atoms with Crippen molar-refractivity contribution >= 4 is 0 Å². The molecule has 1 unspecified atom stereocenters. The van der Waals surface area contributed by atoms with E-state index in [-0.39, 0.29) is 6.04 Å². The highest BCUT2D eigenvalue weighted by Crippen LogP contribution is 2.58. The molecule has 0 radical (unpaired) electrons. The maximum Gasteiger partial charge on any atom is 0.0328 e. The molecule has 4 aliphatic rings. The number of benzene rings is 1. The first-order valence-corrected chi connectivity index (χ1v) is 7.62. The predicted molar refractivity (Wildman–Crippen MR) is 73.9 cm³/mol. The molecule has 1 nitrogen and oxygen atoms in total. The van der Waals surface area contributed by atoms with E-state index in [9.17, 15) is 0 Å². The van der Waals surface area contributed by atoms with Crippen LogP contribution in [0.4, 0.5) is 0 Å². The molecular weight excluding hydrogens is 218 g/mol. The number of hydrogen-bond acceptors (Lipinski definition) is 1. The van der Waals surface area contributed by atoms with Crippen LogP contribution in [0.2, 0.25) is 0 Å². The third kappa shape index (κ3) is 1.64. The molecule has 2 N–H and O–H groups in total. The van der Waals surface area contributed by atoms with Gasteiger partial charge in [-0.3, -0.25) is 0 Å². The van der Waals surface area contributed by atoms with Gasteiger partial charge in [0, 0.05) is 6.04 Å². The van der Waals surface area contributed by atoms with Crippen molar-refractivity contribution in [1.29, 1.82) is 0 Å². The van der Waals surface area contributed by atoms with Crippen molar-refractivity contribution in [1.82, 2.24) is 0 Å². The average molecular weight is 241 g/mol. The molecule has 96 valence electrons. The molecule has 4 saturated carbocycles. The summed E-state index contributed by atoms with van der Waals surface area (Å²) in [5.41, 5.74) is 7.98. The Bertz CT molecular complexity index is 396. The first-order chi connectivity index (χ1) is 8.81. The minimum Gasteiger partial charge on any atom is -0.324 e. The summed E-state index contributed by atoms with van der Waals surface area (Å²) < 4.78 is 0. The lowest BCUT2D eigenvalue weighted by Gasteiger charge is -2.56. The summed E-state index contributed by atoms with van der Waals surface area (Å²) in [4.78, 5) is 0. The smallest absolute Gasteiger partial charge is 0.0328 e. The molecule has 0 spiro atoms. The largest absolute Gasteiger partial charge is 0.324 e. The van der Waals surface area contributed by atoms with Crippen LogP contribution in [0.15, 0.2) is 30.3 Å². The van der Waals surface area contributed by atoms with E-state index >= 15 is 0 Å². The molecule has 0 aliphatic heterocycles. The lowest BCUT2D eigenvalue weighted by Crippen LogP contribution is -2.48. The van der Waals surface area contributed by atoms with Gasteiger partial charge in [0.15, 0.2) is 0 Å². The molecule has 4 aliphatic carbocycles. The zero-order valence-electron chi connectivity index (χ0n) is 11.0. The van der Waals surface area contributed by atoms with Crippen molar-refractivity contribution in [2.75, 3.05) is 0 Å². The Morgan fingerprint density at radius 3 is 1.94 bits per heavy atom. The monoisotopic (exact) mass is 241 g/mol. The molecule has 4 bridgehead atoms. The molecule has 0 aromatic heterocycles. The van der Waals surface area contributed by atoms with Crippen LogP contribution in [0.5, 0.6) is 0 Å². The summed E-state index contributed by atoms with van der Waals surface area (Å²) in [5, 5.41) is 0. The normalized spacial score (nSPS) is 43.1. The van der Waals surface area contributed by atoms with E-state index in [0.717, 1.165) is 29.6 Å². The molecule has 1 aromatic rings. The van der Waals surface area contributed by atoms with E-state index in [2.05, 4.69) is 30.3 Å². The molecule has 5 rings (SSSR count). The molecule has 0 saturated heterocycles. The molecule has 0 heterocycles. The van der Waals surface area contributed by atoms with Crippen molar-refractivity contribution in [2.24, 2.45) is 35.3 Å². The van der Waals surface area contributed by atoms with Crippen molar-refractivity contribution in [3.8, 4) is 0 Å². The van der Waals surface area contributed by atoms with E-state index in [1.54, 1.807) is 0 Å². The van der Waals surface area contributed by atoms with Crippen molar-refractivity contribution in [3.05, 3.63) is 35.9 Å². The van der Waals surface area contributed by atoms with Gasteiger partial charge in [0.1, 0.15) is 0 Å². The number of hydrogen-bond donors (Lipinski definition) is 1. The lowest BCUT2D eigenvalue weighted by atomic mass is 9.50. The summed E-state index contributed by atoms with van der Waals surface area (Å²) in [5.74, 6) is 4.71. The van der Waals surface area contributed by atoms with Crippen LogP contribution in [0, 0.1) is 29.6 Å². The van der Waals surface area contributed by atoms with Gasteiger partial charge in [0.05, 0.1) is 0 Å². The highest BCUT2D eigenvalue weighted by atomic mass is 14.7. The second-order valence-electron chi connectivity index (χ2n) is 6.94. The lowest BCUT2D eigenvalue weighted by molar-refractivity contribution is -0.0471. The van der Waals surface area contributed by atoms with Crippen LogP contribution < -0.4 is 5.73 Å². The van der Waals surface area contributed by atoms with Crippen LogP contribution in [0.25, 0.3) is 0 Å². The van der Waals surface area contributed by atoms with Crippen molar-refractivity contribution < 1.29 is 0 Å². The van der Waals surface area contributed by atoms with Crippen molar-refractivity contribution in [2.45, 2.75) is 38.1 Å². The van der Waals surface area contributed by atoms with E-state index in [4.69, 9.17) is 5.73 Å². The first-order valence-electron chi connectivity index (χ1n) is 7.62. The van der Waals surface area contributed by atoms with Gasteiger partial charge in [0.2, 0.25) is 0 Å². The van der Waals surface area contributed by atoms with E-state index in [0.29, 0.717) is 0 Å². The maximum absolute atomic E-state index is 6.62. The van der Waals surface area contributed by atoms with Gasteiger partial charge in [-0.1, -0.05) is 30.3 Å². The fourth-order valence-electron chi connectivity index (χ4n) is 5.45. The molecule has 0 amide bonds. The highest BCUT2D eigenvalue weighted by Gasteiger charge is 2.49. The second kappa shape index (κ2) is 4.09. The Labute approximate surface area is 110 Å². The summed E-state index contributed by atoms with van der Waals surface area (Å²) in [6.45, 7) is 0. The maximum atomic E-state index is 6.62. The van der Waals surface area contributed by atoms with Gasteiger partial charge in [-0.15, -0.1) is 0 Å². The number of nitrogens with two attached hydrogens (primary N) is 1. The van der Waals surface area contributed by atoms with Gasteiger partial charge in [0.25, 0.3) is 0 Å². The summed E-state index contributed by atoms with van der Waals surface area (Å²) in [6.07, 6.45) is 7.41. The Balaban J connectivity index is 1.61. The third-order valence-electron chi connectivity index (χ3n) is 5.90. The van der Waals surface area contributed by atoms with E-state index < -0.39 is 0 Å². The van der Waals surface area contributed by atoms with Crippen LogP contribution in [-0.4, -0.2) is 0 Å². The Kier molecular flexibility index (Phi) is 2.51. The van der Waals surface area contributed by atoms with Crippen LogP contribution in [0.1, 0.15) is 43.7 Å². The second-order valence-corrected chi connectivity index (χ2v) is 6.94. The topological polar surface area (TPSA) is 26.0 Å². The van der Waals surface area contributed by atoms with Gasteiger partial charge >= 0.3 is 0 Å². The first kappa shape index (κ1) is 11.0. The van der Waals surface area contributed by atoms with Gasteiger partial charge in [-0.25, -0.2) is 0 Å². The summed E-state index contributed by atoms with van der Waals surface area (Å²) in [6, 6.07) is 11.1. The zero-order valence-corrected chi connectivity index (χ0v) is 11.0. The van der Waals surface area contributed by atoms with Crippen molar-refractivity contribution in [3.63, 3.8) is 0 Å². The Hall–Kier alpha value is -0.820. The summed E-state index contributed by atoms with van der Waals surface area (Å²) in [7, 11) is 0. The zero-order chi connectivity index (χ0) is 12.1. The highest BCUT2D eigenvalue weighted by molar-refractivity contribution is 5.21. The van der Waals surface area contributed by atoms with Gasteiger partial charge in [-0.05, 0) is 67.3 Å². The quantitative estimate of drug-likeness (QED) is 0.838. The van der Waals surface area contributed by atoms with Crippen LogP contribution in [0.3, 0.4) is 0 Å². The molecule has 1 heteroatoms. The van der Waals surface area contributed by atoms with Gasteiger partial charge in [-0.2, -0.15) is 0 Å². The molecular formula is C17H23N. The third-order valence-corrected chi connectivity index (χ3v) is 5.90. The number of rotatable bonds is 2. The Morgan fingerprint density at radius 2 is 1.39 bits per heavy atom. The fourth-order valence-corrected chi connectivity index (χ4v) is 5.45. The standard InChI is InChI=1S/C17H23N/c18-17(13-4-2-1-3-5-13)16-14-7-11-6-12(9-14)10-15(16)8-11/h1-5,11-12,14-17H,6-10,18H2. The molecule has 1 atom stereocenters. The van der Waals surface area contributed by atoms with Gasteiger partial charge < -0.3 is 5.73 Å². The SMILES string of the molecule is NC(c1ccccc1)C1C2CC3CC(C2)CC1C3. The molecule has 18 heavy (non-hydrogen) atoms. The van der Waals surface area contributed by atoms with E-state index in [1.165, 1.54) is 37.7 Å². The van der Waals surface area contributed by atoms with Crippen LogP contribution >= 0.6 is 0 Å². The fraction of sp³-hybridized carbons (Fsp3) is 0.647. The minimum absolute atomic E-state index is 0.279. The predicted octanol–water partition coefficient (Wildman–Crippen LogP) is 3.76. The minimum atomic E-state index is 0.279. The summed E-state index contributed by atoms with van der Waals surface area (Å²) >= 11 is 0.